The minimum atomic E-state index is -0.500. The maximum Gasteiger partial charge on any atom is 0.407 e. The summed E-state index contributed by atoms with van der Waals surface area (Å²) >= 11 is 0. The fraction of sp³-hybridized carbons (Fsp3) is 0.286. The van der Waals surface area contributed by atoms with Gasteiger partial charge in [0.05, 0.1) is 38.5 Å². The summed E-state index contributed by atoms with van der Waals surface area (Å²) in [5.41, 5.74) is 4.12. The van der Waals surface area contributed by atoms with Crippen LogP contribution in [0.5, 0.6) is 0 Å². The summed E-state index contributed by atoms with van der Waals surface area (Å²) in [6.45, 7) is 2.36. The van der Waals surface area contributed by atoms with Crippen molar-refractivity contribution in [2.24, 2.45) is 0 Å². The van der Waals surface area contributed by atoms with Crippen LogP contribution in [0.4, 0.5) is 4.79 Å². The molecule has 0 spiro atoms. The first-order valence-electron chi connectivity index (χ1n) is 14.4. The highest BCUT2D eigenvalue weighted by molar-refractivity contribution is 5.67. The lowest BCUT2D eigenvalue weighted by Crippen LogP contribution is -2.66. The molecule has 0 radical (unpaired) electrons. The number of rotatable bonds is 13. The maximum atomic E-state index is 12.9. The van der Waals surface area contributed by atoms with Crippen LogP contribution in [0.1, 0.15) is 22.3 Å². The zero-order valence-electron chi connectivity index (χ0n) is 23.6. The van der Waals surface area contributed by atoms with Crippen LogP contribution >= 0.6 is 0 Å². The third-order valence-corrected chi connectivity index (χ3v) is 7.21. The van der Waals surface area contributed by atoms with Gasteiger partial charge in [-0.05, 0) is 22.3 Å². The summed E-state index contributed by atoms with van der Waals surface area (Å²) in [6, 6.07) is 39.2. The first-order chi connectivity index (χ1) is 20.7. The molecule has 4 atom stereocenters. The highest BCUT2D eigenvalue weighted by Crippen LogP contribution is 2.22. The Morgan fingerprint density at radius 2 is 1.07 bits per heavy atom. The van der Waals surface area contributed by atoms with E-state index in [1.54, 1.807) is 0 Å². The van der Waals surface area contributed by atoms with Crippen molar-refractivity contribution in [1.29, 1.82) is 0 Å². The molecule has 1 aliphatic heterocycles. The van der Waals surface area contributed by atoms with Crippen LogP contribution in [-0.2, 0) is 45.4 Å². The first kappa shape index (κ1) is 29.5. The quantitative estimate of drug-likeness (QED) is 0.218. The number of nitrogens with one attached hydrogen (secondary N) is 2. The molecule has 1 aliphatic rings. The van der Waals surface area contributed by atoms with Crippen LogP contribution in [0, 0.1) is 0 Å². The van der Waals surface area contributed by atoms with E-state index in [2.05, 4.69) is 10.6 Å². The van der Waals surface area contributed by atoms with Crippen molar-refractivity contribution >= 4 is 6.09 Å². The van der Waals surface area contributed by atoms with E-state index in [0.29, 0.717) is 33.0 Å². The Morgan fingerprint density at radius 1 is 0.619 bits per heavy atom. The highest BCUT2D eigenvalue weighted by Gasteiger charge is 2.42. The average molecular weight is 567 g/mol. The van der Waals surface area contributed by atoms with Crippen molar-refractivity contribution in [3.8, 4) is 0 Å². The topological polar surface area (TPSA) is 78.1 Å². The Bertz CT molecular complexity index is 1320. The van der Waals surface area contributed by atoms with E-state index in [4.69, 9.17) is 18.9 Å². The monoisotopic (exact) mass is 566 g/mol. The number of alkyl carbamates (subject to hydrolysis) is 1. The van der Waals surface area contributed by atoms with E-state index in [0.717, 1.165) is 22.3 Å². The molecule has 0 aromatic heterocycles. The molecule has 7 nitrogen and oxygen atoms in total. The summed E-state index contributed by atoms with van der Waals surface area (Å²) in [5, 5.41) is 6.59. The van der Waals surface area contributed by atoms with Gasteiger partial charge >= 0.3 is 6.09 Å². The summed E-state index contributed by atoms with van der Waals surface area (Å²) in [5.74, 6) is 0. The highest BCUT2D eigenvalue weighted by atomic mass is 16.6. The molecule has 7 heteroatoms. The number of benzene rings is 4. The zero-order valence-corrected chi connectivity index (χ0v) is 23.6. The van der Waals surface area contributed by atoms with Gasteiger partial charge in [-0.15, -0.1) is 0 Å². The van der Waals surface area contributed by atoms with Crippen LogP contribution in [0.15, 0.2) is 121 Å². The van der Waals surface area contributed by atoms with Gasteiger partial charge in [0, 0.05) is 6.54 Å². The Balaban J connectivity index is 1.30. The Kier molecular flexibility index (Phi) is 11.1. The van der Waals surface area contributed by atoms with Crippen LogP contribution in [0.25, 0.3) is 0 Å². The standard InChI is InChI=1S/C35H38N2O5/c38-35(42-25-30-19-11-4-12-20-30)37-31-21-36-32(26-39-22-27-13-5-1-6-14-27)34(41-24-29-17-9-3-10-18-29)33(31)40-23-28-15-7-2-8-16-28/h1-20,31-34,36H,21-26H2,(H,37,38)/t31-,32+,33+,34+/m0/s1. The van der Waals surface area contributed by atoms with Gasteiger partial charge in [-0.3, -0.25) is 0 Å². The second-order valence-electron chi connectivity index (χ2n) is 10.4. The van der Waals surface area contributed by atoms with Crippen molar-refractivity contribution in [1.82, 2.24) is 10.6 Å². The lowest BCUT2D eigenvalue weighted by atomic mass is 9.93. The molecule has 0 unspecified atom stereocenters. The molecule has 1 fully saturated rings. The molecule has 1 heterocycles. The second-order valence-corrected chi connectivity index (χ2v) is 10.4. The van der Waals surface area contributed by atoms with E-state index < -0.39 is 18.3 Å². The molecule has 218 valence electrons. The minimum absolute atomic E-state index is 0.156. The van der Waals surface area contributed by atoms with Crippen LogP contribution in [0.2, 0.25) is 0 Å². The zero-order chi connectivity index (χ0) is 28.8. The third kappa shape index (κ3) is 8.99. The SMILES string of the molecule is O=C(N[C@H]1CN[C@H](COCc2ccccc2)[C@@H](OCc2ccccc2)[C@@H]1OCc1ccccc1)OCc1ccccc1. The number of carbonyl (C=O) groups is 1. The van der Waals surface area contributed by atoms with Gasteiger partial charge < -0.3 is 29.6 Å². The molecule has 1 amide bonds. The van der Waals surface area contributed by atoms with Crippen LogP contribution in [0.3, 0.4) is 0 Å². The minimum Gasteiger partial charge on any atom is -0.445 e. The molecule has 42 heavy (non-hydrogen) atoms. The second kappa shape index (κ2) is 15.8. The first-order valence-corrected chi connectivity index (χ1v) is 14.4. The number of hydrogen-bond acceptors (Lipinski definition) is 6. The molecule has 1 saturated heterocycles. The number of ether oxygens (including phenoxy) is 4. The molecule has 5 rings (SSSR count). The Labute approximate surface area is 247 Å². The maximum absolute atomic E-state index is 12.9. The molecule has 2 N–H and O–H groups in total. The predicted octanol–water partition coefficient (Wildman–Crippen LogP) is 5.64. The smallest absolute Gasteiger partial charge is 0.407 e. The van der Waals surface area contributed by atoms with Gasteiger partial charge in [0.15, 0.2) is 0 Å². The number of hydrogen-bond donors (Lipinski definition) is 2. The lowest BCUT2D eigenvalue weighted by Gasteiger charge is -2.43. The molecule has 0 saturated carbocycles. The van der Waals surface area contributed by atoms with Crippen molar-refractivity contribution in [3.05, 3.63) is 144 Å². The van der Waals surface area contributed by atoms with Crippen molar-refractivity contribution in [3.63, 3.8) is 0 Å². The van der Waals surface area contributed by atoms with E-state index in [1.807, 2.05) is 121 Å². The summed E-state index contributed by atoms with van der Waals surface area (Å²) in [7, 11) is 0. The van der Waals surface area contributed by atoms with Gasteiger partial charge in [-0.1, -0.05) is 121 Å². The average Bonchev–Trinajstić information content (AvgIpc) is 3.05. The third-order valence-electron chi connectivity index (χ3n) is 7.21. The molecule has 0 bridgehead atoms. The predicted molar refractivity (Wildman–Crippen MR) is 161 cm³/mol. The van der Waals surface area contributed by atoms with E-state index in [9.17, 15) is 4.79 Å². The van der Waals surface area contributed by atoms with Crippen LogP contribution < -0.4 is 10.6 Å². The molecule has 4 aromatic carbocycles. The fourth-order valence-electron chi connectivity index (χ4n) is 5.00. The summed E-state index contributed by atoms with van der Waals surface area (Å²) in [4.78, 5) is 12.9. The van der Waals surface area contributed by atoms with Gasteiger partial charge in [0.2, 0.25) is 0 Å². The molecular weight excluding hydrogens is 528 g/mol. The summed E-state index contributed by atoms with van der Waals surface area (Å²) in [6.07, 6.45) is -1.36. The van der Waals surface area contributed by atoms with Gasteiger partial charge in [0.25, 0.3) is 0 Å². The van der Waals surface area contributed by atoms with Crippen molar-refractivity contribution in [2.75, 3.05) is 13.2 Å². The largest absolute Gasteiger partial charge is 0.445 e. The van der Waals surface area contributed by atoms with E-state index in [1.165, 1.54) is 0 Å². The number of carbonyl (C=O) groups excluding carboxylic acids is 1. The van der Waals surface area contributed by atoms with Gasteiger partial charge in [-0.2, -0.15) is 0 Å². The molecule has 4 aromatic rings. The van der Waals surface area contributed by atoms with E-state index in [-0.39, 0.29) is 18.7 Å². The number of piperidine rings is 1. The lowest BCUT2D eigenvalue weighted by molar-refractivity contribution is -0.135. The Hall–Kier alpha value is -4.01. The van der Waals surface area contributed by atoms with Crippen molar-refractivity contribution < 1.29 is 23.7 Å². The van der Waals surface area contributed by atoms with E-state index >= 15 is 0 Å². The normalized spacial score (nSPS) is 20.1. The Morgan fingerprint density at radius 3 is 1.60 bits per heavy atom. The number of amides is 1. The van der Waals surface area contributed by atoms with Crippen molar-refractivity contribution in [2.45, 2.75) is 50.7 Å². The molecular formula is C35H38N2O5. The summed E-state index contributed by atoms with van der Waals surface area (Å²) < 4.78 is 24.8. The van der Waals surface area contributed by atoms with Gasteiger partial charge in [-0.25, -0.2) is 4.79 Å². The molecule has 0 aliphatic carbocycles. The van der Waals surface area contributed by atoms with Gasteiger partial charge in [0.1, 0.15) is 18.8 Å². The van der Waals surface area contributed by atoms with Crippen LogP contribution in [-0.4, -0.2) is 43.5 Å². The fourth-order valence-corrected chi connectivity index (χ4v) is 5.00.